The van der Waals surface area contributed by atoms with Crippen molar-refractivity contribution in [2.45, 2.75) is 6.61 Å². The van der Waals surface area contributed by atoms with Crippen LogP contribution in [0.4, 0.5) is 0 Å². The van der Waals surface area contributed by atoms with Crippen LogP contribution < -0.4 is 4.74 Å². The molecular formula is C23H16ClNO3. The molecule has 1 aliphatic rings. The molecule has 4 rings (SSSR count). The molecule has 1 heterocycles. The summed E-state index contributed by atoms with van der Waals surface area (Å²) >= 11 is 6.16. The number of benzene rings is 3. The lowest BCUT2D eigenvalue weighted by molar-refractivity contribution is -0.129. The van der Waals surface area contributed by atoms with Gasteiger partial charge in [0.05, 0.1) is 10.6 Å². The van der Waals surface area contributed by atoms with Crippen LogP contribution in [0.3, 0.4) is 0 Å². The second kappa shape index (κ2) is 8.11. The Morgan fingerprint density at radius 3 is 2.57 bits per heavy atom. The van der Waals surface area contributed by atoms with Crippen molar-refractivity contribution >= 4 is 29.5 Å². The predicted octanol–water partition coefficient (Wildman–Crippen LogP) is 5.26. The van der Waals surface area contributed by atoms with Crippen molar-refractivity contribution in [3.63, 3.8) is 0 Å². The van der Waals surface area contributed by atoms with Gasteiger partial charge in [0.25, 0.3) is 0 Å². The van der Waals surface area contributed by atoms with Crippen molar-refractivity contribution in [2.24, 2.45) is 4.99 Å². The Morgan fingerprint density at radius 2 is 1.75 bits per heavy atom. The van der Waals surface area contributed by atoms with Crippen LogP contribution in [0.1, 0.15) is 16.7 Å². The molecule has 5 heteroatoms. The summed E-state index contributed by atoms with van der Waals surface area (Å²) in [5, 5.41) is 0.478. The highest BCUT2D eigenvalue weighted by molar-refractivity contribution is 6.34. The Hall–Kier alpha value is -3.37. The van der Waals surface area contributed by atoms with Gasteiger partial charge in [-0.2, -0.15) is 0 Å². The first kappa shape index (κ1) is 18.0. The zero-order chi connectivity index (χ0) is 19.3. The average Bonchev–Trinajstić information content (AvgIpc) is 3.08. The maximum absolute atomic E-state index is 12.2. The second-order valence-corrected chi connectivity index (χ2v) is 6.57. The van der Waals surface area contributed by atoms with Crippen LogP contribution in [0.2, 0.25) is 5.02 Å². The van der Waals surface area contributed by atoms with Crippen molar-refractivity contribution in [2.75, 3.05) is 0 Å². The van der Waals surface area contributed by atoms with Gasteiger partial charge in [-0.15, -0.1) is 0 Å². The molecule has 0 radical (unpaired) electrons. The number of hydrogen-bond donors (Lipinski definition) is 0. The Morgan fingerprint density at radius 1 is 0.964 bits per heavy atom. The molecule has 0 unspecified atom stereocenters. The van der Waals surface area contributed by atoms with Gasteiger partial charge in [-0.3, -0.25) is 0 Å². The third kappa shape index (κ3) is 4.13. The Kier molecular flexibility index (Phi) is 5.22. The molecule has 0 N–H and O–H groups in total. The molecule has 3 aromatic rings. The normalized spacial score (nSPS) is 14.7. The quantitative estimate of drug-likeness (QED) is 0.441. The highest BCUT2D eigenvalue weighted by atomic mass is 35.5. The van der Waals surface area contributed by atoms with E-state index in [0.29, 0.717) is 22.9 Å². The number of aliphatic imine (C=N–C) groups is 1. The molecule has 4 nitrogen and oxygen atoms in total. The predicted molar refractivity (Wildman–Crippen MR) is 109 cm³/mol. The van der Waals surface area contributed by atoms with Gasteiger partial charge in [0.1, 0.15) is 12.4 Å². The zero-order valence-electron chi connectivity index (χ0n) is 14.8. The van der Waals surface area contributed by atoms with Gasteiger partial charge in [0.2, 0.25) is 5.90 Å². The van der Waals surface area contributed by atoms with Crippen molar-refractivity contribution in [3.8, 4) is 5.75 Å². The monoisotopic (exact) mass is 389 g/mol. The molecule has 3 aromatic carbocycles. The third-order valence-electron chi connectivity index (χ3n) is 4.13. The number of ether oxygens (including phenoxy) is 2. The minimum Gasteiger partial charge on any atom is -0.489 e. The molecule has 1 aliphatic heterocycles. The van der Waals surface area contributed by atoms with Gasteiger partial charge in [-0.05, 0) is 41.5 Å². The van der Waals surface area contributed by atoms with E-state index in [4.69, 9.17) is 21.1 Å². The van der Waals surface area contributed by atoms with Crippen molar-refractivity contribution in [3.05, 3.63) is 106 Å². The fourth-order valence-corrected chi connectivity index (χ4v) is 2.97. The molecule has 0 saturated carbocycles. The number of carbonyl (C=O) groups is 1. The first-order valence-corrected chi connectivity index (χ1v) is 9.11. The number of esters is 1. The first-order valence-electron chi connectivity index (χ1n) is 8.73. The SMILES string of the molecule is O=C1OC(c2ccccc2Cl)=NC1=Cc1cccc(OCc2ccccc2)c1. The summed E-state index contributed by atoms with van der Waals surface area (Å²) in [4.78, 5) is 16.5. The summed E-state index contributed by atoms with van der Waals surface area (Å²) in [6.07, 6.45) is 1.67. The smallest absolute Gasteiger partial charge is 0.363 e. The van der Waals surface area contributed by atoms with Crippen LogP contribution in [0.5, 0.6) is 5.75 Å². The average molecular weight is 390 g/mol. The van der Waals surface area contributed by atoms with E-state index in [9.17, 15) is 4.79 Å². The minimum atomic E-state index is -0.509. The molecule has 0 aromatic heterocycles. The molecule has 28 heavy (non-hydrogen) atoms. The van der Waals surface area contributed by atoms with Crippen LogP contribution >= 0.6 is 11.6 Å². The van der Waals surface area contributed by atoms with Gasteiger partial charge in [0.15, 0.2) is 5.70 Å². The topological polar surface area (TPSA) is 47.9 Å². The molecule has 0 saturated heterocycles. The second-order valence-electron chi connectivity index (χ2n) is 6.16. The molecule has 138 valence electrons. The Labute approximate surface area is 167 Å². The van der Waals surface area contributed by atoms with E-state index in [-0.39, 0.29) is 11.6 Å². The van der Waals surface area contributed by atoms with Gasteiger partial charge in [-0.25, -0.2) is 9.79 Å². The number of cyclic esters (lactones) is 1. The van der Waals surface area contributed by atoms with Crippen LogP contribution in [0.15, 0.2) is 89.6 Å². The number of carbonyl (C=O) groups excluding carboxylic acids is 1. The van der Waals surface area contributed by atoms with E-state index in [1.54, 1.807) is 24.3 Å². The van der Waals surface area contributed by atoms with Crippen LogP contribution in [-0.2, 0) is 16.1 Å². The Balaban J connectivity index is 1.54. The van der Waals surface area contributed by atoms with Crippen LogP contribution in [-0.4, -0.2) is 11.9 Å². The minimum absolute atomic E-state index is 0.207. The summed E-state index contributed by atoms with van der Waals surface area (Å²) in [6, 6.07) is 24.5. The lowest BCUT2D eigenvalue weighted by Crippen LogP contribution is -2.05. The highest BCUT2D eigenvalue weighted by Crippen LogP contribution is 2.24. The lowest BCUT2D eigenvalue weighted by Gasteiger charge is -2.07. The summed E-state index contributed by atoms with van der Waals surface area (Å²) < 4.78 is 11.1. The van der Waals surface area contributed by atoms with Crippen molar-refractivity contribution in [1.82, 2.24) is 0 Å². The van der Waals surface area contributed by atoms with E-state index in [1.807, 2.05) is 60.7 Å². The molecule has 0 fully saturated rings. The van der Waals surface area contributed by atoms with E-state index in [1.165, 1.54) is 0 Å². The third-order valence-corrected chi connectivity index (χ3v) is 4.46. The lowest BCUT2D eigenvalue weighted by atomic mass is 10.2. The fourth-order valence-electron chi connectivity index (χ4n) is 2.75. The fraction of sp³-hybridized carbons (Fsp3) is 0.0435. The van der Waals surface area contributed by atoms with Crippen molar-refractivity contribution < 1.29 is 14.3 Å². The zero-order valence-corrected chi connectivity index (χ0v) is 15.6. The number of nitrogens with zero attached hydrogens (tertiary/aromatic N) is 1. The van der Waals surface area contributed by atoms with E-state index in [0.717, 1.165) is 11.1 Å². The van der Waals surface area contributed by atoms with E-state index >= 15 is 0 Å². The van der Waals surface area contributed by atoms with E-state index in [2.05, 4.69) is 4.99 Å². The maximum Gasteiger partial charge on any atom is 0.363 e. The van der Waals surface area contributed by atoms with Gasteiger partial charge < -0.3 is 9.47 Å². The standard InChI is InChI=1S/C23H16ClNO3/c24-20-12-5-4-11-19(20)22-25-21(23(26)28-22)14-17-9-6-10-18(13-17)27-15-16-7-2-1-3-8-16/h1-14H,15H2. The first-order chi connectivity index (χ1) is 13.7. The van der Waals surface area contributed by atoms with E-state index < -0.39 is 5.97 Å². The van der Waals surface area contributed by atoms with Gasteiger partial charge >= 0.3 is 5.97 Å². The summed E-state index contributed by atoms with van der Waals surface area (Å²) in [5.41, 5.74) is 2.68. The van der Waals surface area contributed by atoms with Gasteiger partial charge in [-0.1, -0.05) is 66.2 Å². The number of rotatable bonds is 5. The molecule has 0 bridgehead atoms. The Bertz CT molecular complexity index is 1070. The largest absolute Gasteiger partial charge is 0.489 e. The van der Waals surface area contributed by atoms with Crippen LogP contribution in [0, 0.1) is 0 Å². The van der Waals surface area contributed by atoms with Crippen LogP contribution in [0.25, 0.3) is 6.08 Å². The summed E-state index contributed by atoms with van der Waals surface area (Å²) in [7, 11) is 0. The summed E-state index contributed by atoms with van der Waals surface area (Å²) in [6.45, 7) is 0.470. The van der Waals surface area contributed by atoms with Gasteiger partial charge in [0, 0.05) is 0 Å². The number of hydrogen-bond acceptors (Lipinski definition) is 4. The molecule has 0 amide bonds. The molecular weight excluding hydrogens is 374 g/mol. The molecule has 0 atom stereocenters. The molecule has 0 aliphatic carbocycles. The highest BCUT2D eigenvalue weighted by Gasteiger charge is 2.25. The molecule has 0 spiro atoms. The van der Waals surface area contributed by atoms with Crippen molar-refractivity contribution in [1.29, 1.82) is 0 Å². The maximum atomic E-state index is 12.2. The summed E-state index contributed by atoms with van der Waals surface area (Å²) in [5.74, 6) is 0.406. The number of halogens is 1.